The Bertz CT molecular complexity index is 875. The number of amides is 1. The SMILES string of the molecule is COC(=O)C1CC(NC(=O)c2ccc(CN)cc2)c2c(Cl)cc(Cl)cc2N1.Cl. The largest absolute Gasteiger partial charge is 0.467 e. The number of fused-ring (bicyclic) bond motifs is 1. The molecule has 0 aromatic heterocycles. The van der Waals surface area contributed by atoms with Crippen LogP contribution in [-0.2, 0) is 16.1 Å². The third-order valence-corrected chi connectivity index (χ3v) is 5.02. The first-order chi connectivity index (χ1) is 12.9. The number of carbonyl (C=O) groups is 2. The Kier molecular flexibility index (Phi) is 7.55. The smallest absolute Gasteiger partial charge is 0.328 e. The highest BCUT2D eigenvalue weighted by Crippen LogP contribution is 2.40. The third-order valence-electron chi connectivity index (χ3n) is 4.49. The molecule has 0 spiro atoms. The summed E-state index contributed by atoms with van der Waals surface area (Å²) in [7, 11) is 1.32. The number of hydrogen-bond acceptors (Lipinski definition) is 5. The van der Waals surface area contributed by atoms with Crippen molar-refractivity contribution in [1.29, 1.82) is 0 Å². The number of methoxy groups -OCH3 is 1. The van der Waals surface area contributed by atoms with Crippen LogP contribution in [0, 0.1) is 0 Å². The topological polar surface area (TPSA) is 93.5 Å². The van der Waals surface area contributed by atoms with Crippen LogP contribution in [0.3, 0.4) is 0 Å². The van der Waals surface area contributed by atoms with Crippen LogP contribution in [0.1, 0.15) is 33.9 Å². The van der Waals surface area contributed by atoms with Crippen LogP contribution in [-0.4, -0.2) is 25.0 Å². The molecule has 1 heterocycles. The maximum Gasteiger partial charge on any atom is 0.328 e. The molecule has 6 nitrogen and oxygen atoms in total. The third kappa shape index (κ3) is 4.70. The Balaban J connectivity index is 0.00000280. The minimum Gasteiger partial charge on any atom is -0.467 e. The van der Waals surface area contributed by atoms with Gasteiger partial charge in [0, 0.05) is 39.8 Å². The average molecular weight is 445 g/mol. The van der Waals surface area contributed by atoms with E-state index in [0.717, 1.165) is 5.56 Å². The lowest BCUT2D eigenvalue weighted by atomic mass is 9.92. The number of hydrogen-bond donors (Lipinski definition) is 3. The van der Waals surface area contributed by atoms with Crippen molar-refractivity contribution in [3.05, 3.63) is 63.1 Å². The molecule has 0 radical (unpaired) electrons. The number of halogens is 3. The van der Waals surface area contributed by atoms with E-state index in [0.29, 0.717) is 39.8 Å². The van der Waals surface area contributed by atoms with E-state index in [-0.39, 0.29) is 18.3 Å². The van der Waals surface area contributed by atoms with Crippen molar-refractivity contribution in [2.45, 2.75) is 25.0 Å². The normalized spacial score (nSPS) is 17.6. The van der Waals surface area contributed by atoms with Crippen LogP contribution >= 0.6 is 35.6 Å². The van der Waals surface area contributed by atoms with Gasteiger partial charge in [-0.05, 0) is 29.8 Å². The molecule has 1 aliphatic heterocycles. The second-order valence-corrected chi connectivity index (χ2v) is 7.08. The Morgan fingerprint density at radius 2 is 1.93 bits per heavy atom. The Hall–Kier alpha value is -1.99. The van der Waals surface area contributed by atoms with E-state index >= 15 is 0 Å². The molecular formula is C19H20Cl3N3O3. The van der Waals surface area contributed by atoms with Crippen LogP contribution in [0.25, 0.3) is 0 Å². The molecule has 28 heavy (non-hydrogen) atoms. The van der Waals surface area contributed by atoms with Gasteiger partial charge in [-0.3, -0.25) is 4.79 Å². The summed E-state index contributed by atoms with van der Waals surface area (Å²) in [6.07, 6.45) is 0.299. The highest BCUT2D eigenvalue weighted by molar-refractivity contribution is 6.35. The van der Waals surface area contributed by atoms with Crippen LogP contribution < -0.4 is 16.4 Å². The van der Waals surface area contributed by atoms with Gasteiger partial charge in [-0.1, -0.05) is 35.3 Å². The first-order valence-electron chi connectivity index (χ1n) is 8.36. The number of nitrogens with one attached hydrogen (secondary N) is 2. The van der Waals surface area contributed by atoms with E-state index in [1.807, 2.05) is 0 Å². The number of carbonyl (C=O) groups excluding carboxylic acids is 2. The fourth-order valence-electron chi connectivity index (χ4n) is 3.12. The zero-order valence-electron chi connectivity index (χ0n) is 15.0. The fraction of sp³-hybridized carbons (Fsp3) is 0.263. The predicted octanol–water partition coefficient (Wildman–Crippen LogP) is 3.70. The van der Waals surface area contributed by atoms with Gasteiger partial charge in [0.2, 0.25) is 0 Å². The van der Waals surface area contributed by atoms with Crippen molar-refractivity contribution in [2.75, 3.05) is 12.4 Å². The summed E-state index contributed by atoms with van der Waals surface area (Å²) in [4.78, 5) is 24.7. The zero-order chi connectivity index (χ0) is 19.6. The van der Waals surface area contributed by atoms with E-state index in [1.54, 1.807) is 36.4 Å². The number of benzene rings is 2. The van der Waals surface area contributed by atoms with E-state index in [1.165, 1.54) is 7.11 Å². The van der Waals surface area contributed by atoms with Gasteiger partial charge in [0.1, 0.15) is 6.04 Å². The Labute approximate surface area is 179 Å². The van der Waals surface area contributed by atoms with Gasteiger partial charge in [-0.25, -0.2) is 4.79 Å². The molecule has 1 amide bonds. The monoisotopic (exact) mass is 443 g/mol. The summed E-state index contributed by atoms with van der Waals surface area (Å²) in [5.41, 5.74) is 8.30. The van der Waals surface area contributed by atoms with E-state index in [4.69, 9.17) is 33.7 Å². The molecule has 9 heteroatoms. The second kappa shape index (κ2) is 9.47. The highest BCUT2D eigenvalue weighted by atomic mass is 35.5. The maximum atomic E-state index is 12.7. The molecule has 2 aromatic carbocycles. The maximum absolute atomic E-state index is 12.7. The zero-order valence-corrected chi connectivity index (χ0v) is 17.3. The highest BCUT2D eigenvalue weighted by Gasteiger charge is 2.34. The van der Waals surface area contributed by atoms with Gasteiger partial charge in [-0.15, -0.1) is 12.4 Å². The van der Waals surface area contributed by atoms with Crippen LogP contribution in [0.15, 0.2) is 36.4 Å². The van der Waals surface area contributed by atoms with Crippen LogP contribution in [0.4, 0.5) is 5.69 Å². The van der Waals surface area contributed by atoms with Gasteiger partial charge < -0.3 is 21.1 Å². The molecule has 1 aliphatic rings. The van der Waals surface area contributed by atoms with Gasteiger partial charge >= 0.3 is 5.97 Å². The number of nitrogens with two attached hydrogens (primary N) is 1. The molecule has 0 saturated heterocycles. The molecule has 4 N–H and O–H groups in total. The number of rotatable bonds is 4. The van der Waals surface area contributed by atoms with Gasteiger partial charge in [-0.2, -0.15) is 0 Å². The molecule has 0 fully saturated rings. The molecule has 0 aliphatic carbocycles. The average Bonchev–Trinajstić information content (AvgIpc) is 2.66. The molecule has 0 saturated carbocycles. The Morgan fingerprint density at radius 1 is 1.25 bits per heavy atom. The number of esters is 1. The van der Waals surface area contributed by atoms with Gasteiger partial charge in [0.25, 0.3) is 5.91 Å². The standard InChI is InChI=1S/C19H19Cl2N3O3.ClH/c1-27-19(26)16-8-15(17-13(21)6-12(20)7-14(17)23-16)24-18(25)11-4-2-10(9-22)3-5-11;/h2-7,15-16,23H,8-9,22H2,1H3,(H,24,25);1H. The van der Waals surface area contributed by atoms with Crippen molar-refractivity contribution < 1.29 is 14.3 Å². The fourth-order valence-corrected chi connectivity index (χ4v) is 3.75. The summed E-state index contributed by atoms with van der Waals surface area (Å²) < 4.78 is 4.84. The first kappa shape index (κ1) is 22.3. The molecule has 2 atom stereocenters. The van der Waals surface area contributed by atoms with E-state index in [2.05, 4.69) is 10.6 Å². The summed E-state index contributed by atoms with van der Waals surface area (Å²) >= 11 is 12.4. The van der Waals surface area contributed by atoms with E-state index < -0.39 is 18.1 Å². The van der Waals surface area contributed by atoms with E-state index in [9.17, 15) is 9.59 Å². The van der Waals surface area contributed by atoms with Gasteiger partial charge in [0.15, 0.2) is 0 Å². The summed E-state index contributed by atoms with van der Waals surface area (Å²) in [5, 5.41) is 6.88. The predicted molar refractivity (Wildman–Crippen MR) is 112 cm³/mol. The van der Waals surface area contributed by atoms with Crippen molar-refractivity contribution in [1.82, 2.24) is 5.32 Å². The summed E-state index contributed by atoms with van der Waals surface area (Å²) in [6.45, 7) is 0.404. The van der Waals surface area contributed by atoms with Crippen LogP contribution in [0.5, 0.6) is 0 Å². The molecule has 150 valence electrons. The lowest BCUT2D eigenvalue weighted by Crippen LogP contribution is -2.41. The summed E-state index contributed by atoms with van der Waals surface area (Å²) in [5.74, 6) is -0.700. The summed E-state index contributed by atoms with van der Waals surface area (Å²) in [6, 6.07) is 9.20. The lowest BCUT2D eigenvalue weighted by Gasteiger charge is -2.33. The Morgan fingerprint density at radius 3 is 2.54 bits per heavy atom. The molecule has 2 unspecified atom stereocenters. The molecule has 0 bridgehead atoms. The van der Waals surface area contributed by atoms with Crippen molar-refractivity contribution in [2.24, 2.45) is 5.73 Å². The van der Waals surface area contributed by atoms with Crippen molar-refractivity contribution >= 4 is 53.2 Å². The number of ether oxygens (including phenoxy) is 1. The number of anilines is 1. The minimum absolute atomic E-state index is 0. The van der Waals surface area contributed by atoms with Gasteiger partial charge in [0.05, 0.1) is 13.2 Å². The quantitative estimate of drug-likeness (QED) is 0.625. The van der Waals surface area contributed by atoms with Crippen molar-refractivity contribution in [3.8, 4) is 0 Å². The minimum atomic E-state index is -0.623. The molecule has 2 aromatic rings. The van der Waals surface area contributed by atoms with Crippen LogP contribution in [0.2, 0.25) is 10.0 Å². The van der Waals surface area contributed by atoms with Crippen molar-refractivity contribution in [3.63, 3.8) is 0 Å². The molecular weight excluding hydrogens is 425 g/mol. The first-order valence-corrected chi connectivity index (χ1v) is 9.11. The molecule has 3 rings (SSSR count). The lowest BCUT2D eigenvalue weighted by molar-refractivity contribution is -0.141. The second-order valence-electron chi connectivity index (χ2n) is 6.23.